The first-order chi connectivity index (χ1) is 8.24. The summed E-state index contributed by atoms with van der Waals surface area (Å²) in [6.07, 6.45) is 3.89. The summed E-state index contributed by atoms with van der Waals surface area (Å²) >= 11 is 6.18. The van der Waals surface area contributed by atoms with E-state index in [2.05, 4.69) is 9.97 Å². The summed E-state index contributed by atoms with van der Waals surface area (Å²) in [6, 6.07) is 9.96. The first-order valence-electron chi connectivity index (χ1n) is 5.31. The molecule has 3 nitrogen and oxygen atoms in total. The summed E-state index contributed by atoms with van der Waals surface area (Å²) in [6.45, 7) is 1.94. The normalized spacial score (nSPS) is 10.9. The maximum absolute atomic E-state index is 6.18. The Hall–Kier alpha value is -1.87. The average molecular weight is 244 g/mol. The third kappa shape index (κ3) is 1.78. The molecule has 3 rings (SSSR count). The van der Waals surface area contributed by atoms with Crippen molar-refractivity contribution < 1.29 is 0 Å². The van der Waals surface area contributed by atoms with Gasteiger partial charge in [0.1, 0.15) is 5.15 Å². The van der Waals surface area contributed by atoms with Crippen molar-refractivity contribution >= 4 is 17.4 Å². The highest BCUT2D eigenvalue weighted by molar-refractivity contribution is 6.32. The van der Waals surface area contributed by atoms with Crippen molar-refractivity contribution in [3.05, 3.63) is 53.6 Å². The van der Waals surface area contributed by atoms with Gasteiger partial charge in [0.2, 0.25) is 5.78 Å². The van der Waals surface area contributed by atoms with Crippen LogP contribution in [0.4, 0.5) is 0 Å². The Morgan fingerprint density at radius 3 is 2.59 bits per heavy atom. The fraction of sp³-hybridized carbons (Fsp3) is 0.0769. The van der Waals surface area contributed by atoms with Crippen LogP contribution in [0.2, 0.25) is 5.15 Å². The van der Waals surface area contributed by atoms with Crippen LogP contribution < -0.4 is 0 Å². The lowest BCUT2D eigenvalue weighted by Gasteiger charge is -2.04. The van der Waals surface area contributed by atoms with Crippen molar-refractivity contribution in [2.75, 3.05) is 0 Å². The van der Waals surface area contributed by atoms with Crippen molar-refractivity contribution in [2.45, 2.75) is 6.92 Å². The van der Waals surface area contributed by atoms with Crippen molar-refractivity contribution in [3.63, 3.8) is 0 Å². The third-order valence-corrected chi connectivity index (χ3v) is 2.89. The van der Waals surface area contributed by atoms with Gasteiger partial charge >= 0.3 is 0 Å². The standard InChI is InChI=1S/C13H10ClN3/c1-9-7-17-8-11(10-5-3-2-4-6-10)12(14)16-13(17)15-9/h2-8H,1H3. The maximum atomic E-state index is 6.18. The topological polar surface area (TPSA) is 30.2 Å². The lowest BCUT2D eigenvalue weighted by molar-refractivity contribution is 1.11. The molecule has 17 heavy (non-hydrogen) atoms. The maximum Gasteiger partial charge on any atom is 0.235 e. The van der Waals surface area contributed by atoms with E-state index in [-0.39, 0.29) is 0 Å². The van der Waals surface area contributed by atoms with Gasteiger partial charge in [-0.3, -0.25) is 4.40 Å². The molecule has 0 amide bonds. The van der Waals surface area contributed by atoms with Gasteiger partial charge in [-0.05, 0) is 12.5 Å². The van der Waals surface area contributed by atoms with E-state index in [1.165, 1.54) is 0 Å². The summed E-state index contributed by atoms with van der Waals surface area (Å²) in [5, 5.41) is 0.481. The van der Waals surface area contributed by atoms with Crippen LogP contribution in [0.1, 0.15) is 5.69 Å². The molecule has 0 spiro atoms. The molecule has 0 saturated carbocycles. The Morgan fingerprint density at radius 2 is 1.82 bits per heavy atom. The van der Waals surface area contributed by atoms with E-state index in [1.807, 2.05) is 54.0 Å². The van der Waals surface area contributed by atoms with Crippen LogP contribution in [-0.4, -0.2) is 14.4 Å². The van der Waals surface area contributed by atoms with Crippen LogP contribution >= 0.6 is 11.6 Å². The smallest absolute Gasteiger partial charge is 0.235 e. The van der Waals surface area contributed by atoms with E-state index in [9.17, 15) is 0 Å². The zero-order valence-corrected chi connectivity index (χ0v) is 10.0. The van der Waals surface area contributed by atoms with Crippen LogP contribution in [-0.2, 0) is 0 Å². The largest absolute Gasteiger partial charge is 0.290 e. The van der Waals surface area contributed by atoms with E-state index in [0.717, 1.165) is 16.8 Å². The first kappa shape index (κ1) is 10.3. The Bertz CT molecular complexity index is 674. The average Bonchev–Trinajstić information content (AvgIpc) is 2.68. The van der Waals surface area contributed by atoms with Crippen molar-refractivity contribution in [1.82, 2.24) is 14.4 Å². The Morgan fingerprint density at radius 1 is 1.06 bits per heavy atom. The van der Waals surface area contributed by atoms with E-state index in [0.29, 0.717) is 10.9 Å². The number of hydrogen-bond acceptors (Lipinski definition) is 2. The van der Waals surface area contributed by atoms with Crippen LogP contribution in [0, 0.1) is 6.92 Å². The number of rotatable bonds is 1. The predicted molar refractivity (Wildman–Crippen MR) is 68.2 cm³/mol. The number of hydrogen-bond donors (Lipinski definition) is 0. The molecule has 0 N–H and O–H groups in total. The van der Waals surface area contributed by atoms with Crippen molar-refractivity contribution in [2.24, 2.45) is 0 Å². The predicted octanol–water partition coefficient (Wildman–Crippen LogP) is 3.36. The molecule has 0 atom stereocenters. The molecule has 0 aliphatic rings. The summed E-state index contributed by atoms with van der Waals surface area (Å²) in [5.41, 5.74) is 2.90. The minimum absolute atomic E-state index is 0.481. The van der Waals surface area contributed by atoms with Gasteiger partial charge in [-0.15, -0.1) is 0 Å². The van der Waals surface area contributed by atoms with Gasteiger partial charge in [-0.2, -0.15) is 4.98 Å². The Labute approximate surface area is 104 Å². The second-order valence-electron chi connectivity index (χ2n) is 3.90. The Balaban J connectivity index is 2.26. The molecule has 4 heteroatoms. The highest BCUT2D eigenvalue weighted by atomic mass is 35.5. The molecule has 0 saturated heterocycles. The fourth-order valence-electron chi connectivity index (χ4n) is 1.83. The van der Waals surface area contributed by atoms with Crippen molar-refractivity contribution in [3.8, 4) is 11.1 Å². The van der Waals surface area contributed by atoms with Crippen LogP contribution in [0.3, 0.4) is 0 Å². The molecule has 0 aliphatic heterocycles. The van der Waals surface area contributed by atoms with Gasteiger partial charge in [0.05, 0.1) is 5.69 Å². The number of aryl methyl sites for hydroxylation is 1. The first-order valence-corrected chi connectivity index (χ1v) is 5.69. The monoisotopic (exact) mass is 243 g/mol. The van der Waals surface area contributed by atoms with Crippen LogP contribution in [0.5, 0.6) is 0 Å². The van der Waals surface area contributed by atoms with Gasteiger partial charge in [0.25, 0.3) is 0 Å². The molecular formula is C13H10ClN3. The minimum Gasteiger partial charge on any atom is -0.290 e. The molecule has 0 bridgehead atoms. The second kappa shape index (κ2) is 3.86. The van der Waals surface area contributed by atoms with Gasteiger partial charge < -0.3 is 0 Å². The van der Waals surface area contributed by atoms with E-state index in [1.54, 1.807) is 0 Å². The van der Waals surface area contributed by atoms with E-state index in [4.69, 9.17) is 11.6 Å². The highest BCUT2D eigenvalue weighted by Crippen LogP contribution is 2.26. The second-order valence-corrected chi connectivity index (χ2v) is 4.26. The molecule has 1 aromatic carbocycles. The number of nitrogens with zero attached hydrogens (tertiary/aromatic N) is 3. The highest BCUT2D eigenvalue weighted by Gasteiger charge is 2.08. The van der Waals surface area contributed by atoms with E-state index < -0.39 is 0 Å². The number of aromatic nitrogens is 3. The van der Waals surface area contributed by atoms with Crippen LogP contribution in [0.25, 0.3) is 16.9 Å². The van der Waals surface area contributed by atoms with Gasteiger partial charge in [-0.1, -0.05) is 41.9 Å². The van der Waals surface area contributed by atoms with Gasteiger partial charge in [-0.25, -0.2) is 4.98 Å². The Kier molecular flexibility index (Phi) is 2.34. The van der Waals surface area contributed by atoms with Gasteiger partial charge in [0.15, 0.2) is 0 Å². The number of halogens is 1. The molecule has 3 aromatic rings. The lowest BCUT2D eigenvalue weighted by Crippen LogP contribution is -1.91. The zero-order chi connectivity index (χ0) is 11.8. The summed E-state index contributed by atoms with van der Waals surface area (Å²) in [7, 11) is 0. The third-order valence-electron chi connectivity index (χ3n) is 2.61. The molecule has 0 radical (unpaired) electrons. The van der Waals surface area contributed by atoms with E-state index >= 15 is 0 Å². The molecule has 0 aliphatic carbocycles. The summed E-state index contributed by atoms with van der Waals surface area (Å²) < 4.78 is 1.89. The number of imidazole rings is 1. The molecule has 2 aromatic heterocycles. The quantitative estimate of drug-likeness (QED) is 0.614. The summed E-state index contributed by atoms with van der Waals surface area (Å²) in [4.78, 5) is 8.57. The van der Waals surface area contributed by atoms with Crippen molar-refractivity contribution in [1.29, 1.82) is 0 Å². The van der Waals surface area contributed by atoms with Gasteiger partial charge in [0, 0.05) is 18.0 Å². The SMILES string of the molecule is Cc1cn2cc(-c3ccccc3)c(Cl)nc2n1. The lowest BCUT2D eigenvalue weighted by atomic mass is 10.1. The number of fused-ring (bicyclic) bond motifs is 1. The molecule has 0 unspecified atom stereocenters. The summed E-state index contributed by atoms with van der Waals surface area (Å²) in [5.74, 6) is 0.632. The molecular weight excluding hydrogens is 234 g/mol. The molecule has 2 heterocycles. The van der Waals surface area contributed by atoms with Crippen LogP contribution in [0.15, 0.2) is 42.7 Å². The fourth-order valence-corrected chi connectivity index (χ4v) is 2.07. The number of benzene rings is 1. The molecule has 0 fully saturated rings. The zero-order valence-electron chi connectivity index (χ0n) is 9.26. The minimum atomic E-state index is 0.481. The molecule has 84 valence electrons.